The van der Waals surface area contributed by atoms with Crippen LogP contribution in [0.25, 0.3) is 11.2 Å². The molecule has 0 fully saturated rings. The molecular formula is C12H17ClN4O. The van der Waals surface area contributed by atoms with E-state index in [1.165, 1.54) is 6.33 Å². The molecule has 0 bridgehead atoms. The van der Waals surface area contributed by atoms with Gasteiger partial charge in [-0.05, 0) is 20.3 Å². The van der Waals surface area contributed by atoms with Crippen molar-refractivity contribution >= 4 is 22.8 Å². The van der Waals surface area contributed by atoms with Crippen molar-refractivity contribution in [2.24, 2.45) is 0 Å². The molecular weight excluding hydrogens is 252 g/mol. The molecule has 0 unspecified atom stereocenters. The number of ether oxygens (including phenoxy) is 1. The van der Waals surface area contributed by atoms with Gasteiger partial charge < -0.3 is 9.30 Å². The highest BCUT2D eigenvalue weighted by atomic mass is 35.5. The van der Waals surface area contributed by atoms with Gasteiger partial charge in [-0.25, -0.2) is 9.97 Å². The van der Waals surface area contributed by atoms with E-state index in [2.05, 4.69) is 40.3 Å². The van der Waals surface area contributed by atoms with Crippen molar-refractivity contribution in [1.82, 2.24) is 19.5 Å². The molecule has 0 aliphatic rings. The molecule has 0 radical (unpaired) electrons. The first kappa shape index (κ1) is 13.1. The second-order valence-electron chi connectivity index (χ2n) is 4.72. The minimum absolute atomic E-state index is 0.0989. The highest BCUT2D eigenvalue weighted by molar-refractivity contribution is 6.16. The van der Waals surface area contributed by atoms with E-state index in [1.807, 2.05) is 0 Å². The Kier molecular flexibility index (Phi) is 3.43. The number of methoxy groups -OCH3 is 1. The molecule has 0 saturated heterocycles. The Hall–Kier alpha value is -1.36. The maximum atomic E-state index is 5.99. The second-order valence-corrected chi connectivity index (χ2v) is 4.99. The fourth-order valence-corrected chi connectivity index (χ4v) is 2.13. The van der Waals surface area contributed by atoms with Crippen LogP contribution in [0.1, 0.15) is 33.0 Å². The Morgan fingerprint density at radius 1 is 1.39 bits per heavy atom. The van der Waals surface area contributed by atoms with Gasteiger partial charge in [0.1, 0.15) is 12.2 Å². The van der Waals surface area contributed by atoms with Crippen molar-refractivity contribution in [3.63, 3.8) is 0 Å². The minimum atomic E-state index is -0.0989. The zero-order valence-corrected chi connectivity index (χ0v) is 11.8. The molecule has 2 rings (SSSR count). The Morgan fingerprint density at radius 2 is 2.11 bits per heavy atom. The predicted octanol–water partition coefficient (Wildman–Crippen LogP) is 2.72. The summed E-state index contributed by atoms with van der Waals surface area (Å²) in [6.45, 7) is 6.40. The van der Waals surface area contributed by atoms with E-state index in [4.69, 9.17) is 16.3 Å². The van der Waals surface area contributed by atoms with Gasteiger partial charge in [0.05, 0.1) is 13.0 Å². The molecule has 5 nitrogen and oxygen atoms in total. The number of hydrogen-bond acceptors (Lipinski definition) is 4. The zero-order valence-electron chi connectivity index (χ0n) is 11.1. The number of aromatic nitrogens is 4. The Bertz CT molecular complexity index is 564. The van der Waals surface area contributed by atoms with Crippen LogP contribution in [-0.2, 0) is 11.4 Å². The first-order valence-electron chi connectivity index (χ1n) is 5.88. The topological polar surface area (TPSA) is 52.8 Å². The third-order valence-corrected chi connectivity index (χ3v) is 3.50. The van der Waals surface area contributed by atoms with E-state index in [9.17, 15) is 0 Å². The summed E-state index contributed by atoms with van der Waals surface area (Å²) >= 11 is 5.99. The predicted molar refractivity (Wildman–Crippen MR) is 71.0 cm³/mol. The first-order chi connectivity index (χ1) is 8.55. The number of halogens is 1. The van der Waals surface area contributed by atoms with Crippen LogP contribution in [0.4, 0.5) is 0 Å². The highest BCUT2D eigenvalue weighted by Gasteiger charge is 2.26. The van der Waals surface area contributed by atoms with Gasteiger partial charge in [-0.3, -0.25) is 0 Å². The van der Waals surface area contributed by atoms with Crippen LogP contribution in [-0.4, -0.2) is 26.6 Å². The van der Waals surface area contributed by atoms with Crippen LogP contribution < -0.4 is 4.74 Å². The highest BCUT2D eigenvalue weighted by Crippen LogP contribution is 2.30. The van der Waals surface area contributed by atoms with Crippen molar-refractivity contribution in [2.45, 2.75) is 38.6 Å². The van der Waals surface area contributed by atoms with Gasteiger partial charge >= 0.3 is 0 Å². The number of rotatable bonds is 4. The van der Waals surface area contributed by atoms with Crippen LogP contribution in [0.3, 0.4) is 0 Å². The third-order valence-electron chi connectivity index (χ3n) is 3.26. The molecule has 0 N–H and O–H groups in total. The van der Waals surface area contributed by atoms with E-state index in [-0.39, 0.29) is 5.54 Å². The van der Waals surface area contributed by atoms with Gasteiger partial charge in [0.15, 0.2) is 11.2 Å². The molecule has 0 atom stereocenters. The lowest BCUT2D eigenvalue weighted by atomic mass is 10.0. The van der Waals surface area contributed by atoms with Gasteiger partial charge in [-0.2, -0.15) is 4.98 Å². The van der Waals surface area contributed by atoms with Crippen molar-refractivity contribution < 1.29 is 4.74 Å². The standard InChI is InChI=1S/C12H17ClN4O/c1-5-12(2,3)17-8(6-13)16-9-10(17)14-7-15-11(9)18-4/h7H,5-6H2,1-4H3. The van der Waals surface area contributed by atoms with Gasteiger partial charge in [-0.1, -0.05) is 6.92 Å². The Labute approximate surface area is 111 Å². The monoisotopic (exact) mass is 268 g/mol. The SMILES string of the molecule is CCC(C)(C)n1c(CCl)nc2c(OC)ncnc21. The summed E-state index contributed by atoms with van der Waals surface area (Å²) in [6, 6.07) is 0. The second kappa shape index (κ2) is 4.72. The van der Waals surface area contributed by atoms with Crippen molar-refractivity contribution in [1.29, 1.82) is 0 Å². The summed E-state index contributed by atoms with van der Waals surface area (Å²) in [7, 11) is 1.58. The van der Waals surface area contributed by atoms with Crippen molar-refractivity contribution in [3.05, 3.63) is 12.2 Å². The van der Waals surface area contributed by atoms with E-state index in [0.717, 1.165) is 17.9 Å². The molecule has 0 saturated carbocycles. The molecule has 0 amide bonds. The normalized spacial score (nSPS) is 12.1. The Morgan fingerprint density at radius 3 is 2.67 bits per heavy atom. The zero-order chi connectivity index (χ0) is 13.3. The average Bonchev–Trinajstić information content (AvgIpc) is 2.77. The number of alkyl halides is 1. The number of hydrogen-bond donors (Lipinski definition) is 0. The summed E-state index contributed by atoms with van der Waals surface area (Å²) in [5, 5.41) is 0. The molecule has 98 valence electrons. The van der Waals surface area contributed by atoms with Crippen LogP contribution in [0.2, 0.25) is 0 Å². The molecule has 18 heavy (non-hydrogen) atoms. The number of nitrogens with zero attached hydrogens (tertiary/aromatic N) is 4. The fourth-order valence-electron chi connectivity index (χ4n) is 1.95. The van der Waals surface area contributed by atoms with E-state index >= 15 is 0 Å². The number of imidazole rings is 1. The van der Waals surface area contributed by atoms with Crippen molar-refractivity contribution in [3.8, 4) is 5.88 Å². The molecule has 2 aromatic heterocycles. The van der Waals surface area contributed by atoms with Crippen LogP contribution in [0, 0.1) is 0 Å². The maximum absolute atomic E-state index is 5.99. The molecule has 2 heterocycles. The van der Waals surface area contributed by atoms with Gasteiger partial charge in [0, 0.05) is 5.54 Å². The summed E-state index contributed by atoms with van der Waals surface area (Å²) in [5.74, 6) is 1.61. The lowest BCUT2D eigenvalue weighted by Gasteiger charge is -2.27. The van der Waals surface area contributed by atoms with E-state index in [0.29, 0.717) is 17.3 Å². The van der Waals surface area contributed by atoms with Crippen LogP contribution in [0.15, 0.2) is 6.33 Å². The summed E-state index contributed by atoms with van der Waals surface area (Å²) in [5.41, 5.74) is 1.33. The lowest BCUT2D eigenvalue weighted by molar-refractivity contribution is 0.342. The first-order valence-corrected chi connectivity index (χ1v) is 6.41. The lowest BCUT2D eigenvalue weighted by Crippen LogP contribution is -2.27. The quantitative estimate of drug-likeness (QED) is 0.800. The fraction of sp³-hybridized carbons (Fsp3) is 0.583. The Balaban J connectivity index is 2.79. The van der Waals surface area contributed by atoms with Gasteiger partial charge in [-0.15, -0.1) is 11.6 Å². The molecule has 6 heteroatoms. The van der Waals surface area contributed by atoms with E-state index < -0.39 is 0 Å². The van der Waals surface area contributed by atoms with Crippen LogP contribution in [0.5, 0.6) is 5.88 Å². The molecule has 0 aromatic carbocycles. The van der Waals surface area contributed by atoms with Gasteiger partial charge in [0.25, 0.3) is 0 Å². The molecule has 0 aliphatic heterocycles. The number of fused-ring (bicyclic) bond motifs is 1. The smallest absolute Gasteiger partial charge is 0.245 e. The maximum Gasteiger partial charge on any atom is 0.245 e. The summed E-state index contributed by atoms with van der Waals surface area (Å²) in [6.07, 6.45) is 2.44. The minimum Gasteiger partial charge on any atom is -0.479 e. The van der Waals surface area contributed by atoms with E-state index in [1.54, 1.807) is 7.11 Å². The third kappa shape index (κ3) is 1.92. The van der Waals surface area contributed by atoms with Gasteiger partial charge in [0.2, 0.25) is 5.88 Å². The van der Waals surface area contributed by atoms with Crippen LogP contribution >= 0.6 is 11.6 Å². The largest absolute Gasteiger partial charge is 0.479 e. The average molecular weight is 269 g/mol. The summed E-state index contributed by atoms with van der Waals surface area (Å²) < 4.78 is 7.29. The van der Waals surface area contributed by atoms with Crippen molar-refractivity contribution in [2.75, 3.05) is 7.11 Å². The molecule has 2 aromatic rings. The molecule has 0 spiro atoms. The molecule has 0 aliphatic carbocycles. The summed E-state index contributed by atoms with van der Waals surface area (Å²) in [4.78, 5) is 12.9.